The zero-order valence-corrected chi connectivity index (χ0v) is 25.6. The molecule has 43 heavy (non-hydrogen) atoms. The van der Waals surface area contributed by atoms with Crippen LogP contribution in [-0.4, -0.2) is 119 Å². The van der Waals surface area contributed by atoms with Crippen LogP contribution in [0, 0.1) is 16.2 Å². The van der Waals surface area contributed by atoms with Crippen molar-refractivity contribution in [3.63, 3.8) is 0 Å². The molecule has 16 heteroatoms. The number of amides is 3. The Morgan fingerprint density at radius 2 is 0.884 bits per heavy atom. The van der Waals surface area contributed by atoms with Crippen molar-refractivity contribution in [1.29, 1.82) is 0 Å². The fourth-order valence-electron chi connectivity index (χ4n) is 3.14. The van der Waals surface area contributed by atoms with E-state index in [0.717, 1.165) is 0 Å². The van der Waals surface area contributed by atoms with Crippen LogP contribution in [0.2, 0.25) is 0 Å². The van der Waals surface area contributed by atoms with Crippen LogP contribution in [0.4, 0.5) is 0 Å². The summed E-state index contributed by atoms with van der Waals surface area (Å²) >= 11 is 0. The summed E-state index contributed by atoms with van der Waals surface area (Å²) in [7, 11) is 0. The van der Waals surface area contributed by atoms with E-state index in [4.69, 9.17) is 14.6 Å². The number of esters is 2. The quantitative estimate of drug-likeness (QED) is 0.0674. The maximum atomic E-state index is 12.4. The van der Waals surface area contributed by atoms with Crippen molar-refractivity contribution in [1.82, 2.24) is 16.0 Å². The molecule has 3 amide bonds. The Hall–Kier alpha value is -3.34. The third-order valence-corrected chi connectivity index (χ3v) is 6.48. The molecule has 0 aromatic heterocycles. The van der Waals surface area contributed by atoms with Gasteiger partial charge in [-0.25, -0.2) is 0 Å². The van der Waals surface area contributed by atoms with Gasteiger partial charge in [0, 0.05) is 35.9 Å². The second-order valence-corrected chi connectivity index (χ2v) is 12.2. The first-order valence-corrected chi connectivity index (χ1v) is 13.7. The lowest BCUT2D eigenvalue weighted by molar-refractivity contribution is -0.154. The number of carbonyl (C=O) groups excluding carboxylic acids is 5. The van der Waals surface area contributed by atoms with Gasteiger partial charge in [-0.2, -0.15) is 0 Å². The van der Waals surface area contributed by atoms with Crippen LogP contribution in [0.3, 0.4) is 0 Å². The molecule has 0 bridgehead atoms. The number of carbonyl (C=O) groups is 6. The Morgan fingerprint density at radius 3 is 1.19 bits per heavy atom. The molecule has 0 saturated carbocycles. The molecule has 0 radical (unpaired) electrons. The lowest BCUT2D eigenvalue weighted by Crippen LogP contribution is -2.47. The number of aliphatic hydroxyl groups excluding tert-OH is 4. The Morgan fingerprint density at radius 1 is 0.581 bits per heavy atom. The summed E-state index contributed by atoms with van der Waals surface area (Å²) in [5.74, 6) is -5.02. The van der Waals surface area contributed by atoms with Crippen LogP contribution >= 0.6 is 0 Å². The number of carboxylic acids is 1. The van der Waals surface area contributed by atoms with Gasteiger partial charge in [-0.05, 0) is 0 Å². The lowest BCUT2D eigenvalue weighted by Gasteiger charge is -2.29. The summed E-state index contributed by atoms with van der Waals surface area (Å²) in [5.41, 5.74) is -3.50. The van der Waals surface area contributed by atoms with Gasteiger partial charge in [-0.1, -0.05) is 41.5 Å². The monoisotopic (exact) mass is 621 g/mol. The molecule has 2 unspecified atom stereocenters. The average Bonchev–Trinajstić information content (AvgIpc) is 2.93. The highest BCUT2D eigenvalue weighted by Crippen LogP contribution is 2.23. The topological polar surface area (TPSA) is 258 Å². The van der Waals surface area contributed by atoms with Gasteiger partial charge >= 0.3 is 17.9 Å². The van der Waals surface area contributed by atoms with Crippen molar-refractivity contribution in [3.05, 3.63) is 0 Å². The molecule has 16 nitrogen and oxygen atoms in total. The zero-order valence-electron chi connectivity index (χ0n) is 25.6. The second-order valence-electron chi connectivity index (χ2n) is 12.2. The summed E-state index contributed by atoms with van der Waals surface area (Å²) in [6.07, 6.45) is -5.56. The van der Waals surface area contributed by atoms with Crippen LogP contribution in [0.15, 0.2) is 0 Å². The van der Waals surface area contributed by atoms with Crippen molar-refractivity contribution in [2.75, 3.05) is 39.5 Å². The second kappa shape index (κ2) is 17.7. The minimum atomic E-state index is -1.62. The van der Waals surface area contributed by atoms with Crippen LogP contribution in [0.5, 0.6) is 0 Å². The van der Waals surface area contributed by atoms with Gasteiger partial charge in [0.05, 0.1) is 39.1 Å². The molecule has 8 N–H and O–H groups in total. The number of carboxylic acid groups (broad SMARTS) is 1. The summed E-state index contributed by atoms with van der Waals surface area (Å²) < 4.78 is 10.2. The highest BCUT2D eigenvalue weighted by atomic mass is 16.5. The molecule has 0 aliphatic rings. The smallest absolute Gasteiger partial charge is 0.307 e. The van der Waals surface area contributed by atoms with E-state index in [1.165, 1.54) is 41.5 Å². The van der Waals surface area contributed by atoms with Gasteiger partial charge in [0.25, 0.3) is 0 Å². The number of aliphatic carboxylic acids is 1. The van der Waals surface area contributed by atoms with E-state index in [-0.39, 0.29) is 52.1 Å². The van der Waals surface area contributed by atoms with Crippen molar-refractivity contribution in [2.24, 2.45) is 16.2 Å². The molecule has 0 fully saturated rings. The largest absolute Gasteiger partial charge is 0.481 e. The molecule has 0 rings (SSSR count). The lowest BCUT2D eigenvalue weighted by atomic mass is 9.87. The molecule has 0 aliphatic carbocycles. The van der Waals surface area contributed by atoms with E-state index in [1.54, 1.807) is 0 Å². The Kier molecular flexibility index (Phi) is 16.3. The molecule has 0 aromatic rings. The molecule has 0 saturated heterocycles. The van der Waals surface area contributed by atoms with Crippen molar-refractivity contribution in [3.8, 4) is 0 Å². The molecular weight excluding hydrogens is 574 g/mol. The van der Waals surface area contributed by atoms with E-state index in [9.17, 15) is 49.2 Å². The van der Waals surface area contributed by atoms with Gasteiger partial charge in [-0.3, -0.25) is 28.8 Å². The molecule has 3 atom stereocenters. The Labute approximate surface area is 250 Å². The normalized spacial score (nSPS) is 14.1. The van der Waals surface area contributed by atoms with Gasteiger partial charge in [0.15, 0.2) is 0 Å². The van der Waals surface area contributed by atoms with E-state index in [2.05, 4.69) is 16.0 Å². The maximum Gasteiger partial charge on any atom is 0.307 e. The zero-order chi connectivity index (χ0) is 33.6. The fraction of sp³-hybridized carbons (Fsp3) is 0.778. The SMILES string of the molecule is CC(C)(COC(=O)CCNC(=O)C(O)C(C)(C)COC(=O)CCNC(=O)[C@H](O)C(C)(C)CO)C(O)C(=O)NCCC(=O)O. The predicted octanol–water partition coefficient (Wildman–Crippen LogP) is -2.17. The first-order chi connectivity index (χ1) is 19.7. The first-order valence-electron chi connectivity index (χ1n) is 13.7. The minimum absolute atomic E-state index is 0.147. The number of rotatable bonds is 20. The van der Waals surface area contributed by atoms with Gasteiger partial charge < -0.3 is 51.0 Å². The van der Waals surface area contributed by atoms with Crippen LogP contribution < -0.4 is 16.0 Å². The van der Waals surface area contributed by atoms with Gasteiger partial charge in [0.1, 0.15) is 18.3 Å². The average molecular weight is 622 g/mol. The molecule has 0 aromatic carbocycles. The molecule has 0 aliphatic heterocycles. The van der Waals surface area contributed by atoms with E-state index < -0.39 is 76.8 Å². The summed E-state index contributed by atoms with van der Waals surface area (Å²) in [6.45, 7) is 7.21. The molecule has 248 valence electrons. The Balaban J connectivity index is 4.51. The number of nitrogens with one attached hydrogen (secondary N) is 3. The number of ether oxygens (including phenoxy) is 2. The number of aliphatic hydroxyl groups is 4. The van der Waals surface area contributed by atoms with Crippen molar-refractivity contribution in [2.45, 2.75) is 79.1 Å². The van der Waals surface area contributed by atoms with Crippen LogP contribution in [-0.2, 0) is 38.2 Å². The third-order valence-electron chi connectivity index (χ3n) is 6.48. The van der Waals surface area contributed by atoms with E-state index in [1.807, 2.05) is 0 Å². The summed E-state index contributed by atoms with van der Waals surface area (Å²) in [5, 5.41) is 55.4. The van der Waals surface area contributed by atoms with E-state index in [0.29, 0.717) is 0 Å². The Bertz CT molecular complexity index is 981. The highest BCUT2D eigenvalue weighted by Gasteiger charge is 2.37. The highest BCUT2D eigenvalue weighted by molar-refractivity contribution is 5.83. The minimum Gasteiger partial charge on any atom is -0.481 e. The van der Waals surface area contributed by atoms with Crippen molar-refractivity contribution < 1.29 is 63.8 Å². The van der Waals surface area contributed by atoms with E-state index >= 15 is 0 Å². The predicted molar refractivity (Wildman–Crippen MR) is 149 cm³/mol. The number of hydrogen-bond acceptors (Lipinski definition) is 12. The van der Waals surface area contributed by atoms with Crippen LogP contribution in [0.25, 0.3) is 0 Å². The standard InChI is InChI=1S/C27H47N3O13/c1-25(2,13-31)19(36)22(39)29-11-8-17(34)43-15-27(5,6)21(38)24(41)30-12-9-18(35)42-14-26(3,4)20(37)23(40)28-10-7-16(32)33/h19-21,31,36-38H,7-15H2,1-6H3,(H,28,40)(H,29,39)(H,30,41)(H,32,33)/t19-,20?,21?/m0/s1. The number of hydrogen-bond donors (Lipinski definition) is 8. The first kappa shape index (κ1) is 39.7. The fourth-order valence-corrected chi connectivity index (χ4v) is 3.14. The molecular formula is C27H47N3O13. The third kappa shape index (κ3) is 14.6. The maximum absolute atomic E-state index is 12.4. The van der Waals surface area contributed by atoms with Gasteiger partial charge in [-0.15, -0.1) is 0 Å². The van der Waals surface area contributed by atoms with Crippen molar-refractivity contribution >= 4 is 35.6 Å². The molecule has 0 heterocycles. The summed E-state index contributed by atoms with van der Waals surface area (Å²) in [4.78, 5) is 71.0. The summed E-state index contributed by atoms with van der Waals surface area (Å²) in [6, 6.07) is 0. The van der Waals surface area contributed by atoms with Gasteiger partial charge in [0.2, 0.25) is 17.7 Å². The van der Waals surface area contributed by atoms with Crippen LogP contribution in [0.1, 0.15) is 60.8 Å². The molecule has 0 spiro atoms.